The van der Waals surface area contributed by atoms with Crippen LogP contribution in [0.4, 0.5) is 10.1 Å². The van der Waals surface area contributed by atoms with Crippen molar-refractivity contribution in [1.82, 2.24) is 9.80 Å². The smallest absolute Gasteiger partial charge is 0.228 e. The monoisotopic (exact) mass is 333 g/mol. The maximum atomic E-state index is 13.6. The van der Waals surface area contributed by atoms with E-state index in [0.717, 1.165) is 0 Å². The van der Waals surface area contributed by atoms with Crippen LogP contribution in [0.2, 0.25) is 0 Å². The summed E-state index contributed by atoms with van der Waals surface area (Å²) in [6, 6.07) is 5.96. The van der Waals surface area contributed by atoms with Gasteiger partial charge in [0.1, 0.15) is 5.82 Å². The molecule has 1 N–H and O–H groups in total. The van der Waals surface area contributed by atoms with E-state index >= 15 is 0 Å². The minimum absolute atomic E-state index is 0.00987. The Balaban J connectivity index is 1.52. The molecule has 2 aliphatic rings. The maximum Gasteiger partial charge on any atom is 0.228 e. The number of para-hydroxylation sites is 1. The first-order chi connectivity index (χ1) is 11.5. The number of nitrogens with one attached hydrogen (secondary N) is 1. The summed E-state index contributed by atoms with van der Waals surface area (Å²) in [5, 5.41) is 2.54. The first-order valence-electron chi connectivity index (χ1n) is 8.07. The number of hydrogen-bond acceptors (Lipinski definition) is 3. The fraction of sp³-hybridized carbons (Fsp3) is 0.471. The van der Waals surface area contributed by atoms with Crippen molar-refractivity contribution in [3.63, 3.8) is 0 Å². The summed E-state index contributed by atoms with van der Waals surface area (Å²) in [5.41, 5.74) is 0.135. The second-order valence-corrected chi connectivity index (χ2v) is 6.25. The average Bonchev–Trinajstić information content (AvgIpc) is 3.37. The number of hydrogen-bond donors (Lipinski definition) is 1. The Bertz CT molecular complexity index is 671. The van der Waals surface area contributed by atoms with Crippen LogP contribution >= 0.6 is 0 Å². The molecule has 24 heavy (non-hydrogen) atoms. The molecule has 3 amide bonds. The third kappa shape index (κ3) is 3.39. The first-order valence-corrected chi connectivity index (χ1v) is 8.07. The number of carbonyl (C=O) groups excluding carboxylic acids is 3. The van der Waals surface area contributed by atoms with E-state index in [1.165, 1.54) is 19.1 Å². The molecule has 128 valence electrons. The molecule has 1 aliphatic heterocycles. The van der Waals surface area contributed by atoms with Crippen molar-refractivity contribution in [2.75, 3.05) is 31.5 Å². The summed E-state index contributed by atoms with van der Waals surface area (Å²) < 4.78 is 13.6. The van der Waals surface area contributed by atoms with Gasteiger partial charge in [0.25, 0.3) is 0 Å². The molecule has 0 bridgehead atoms. The Hall–Kier alpha value is -2.44. The Morgan fingerprint density at radius 2 is 1.67 bits per heavy atom. The number of halogens is 1. The van der Waals surface area contributed by atoms with Gasteiger partial charge < -0.3 is 15.1 Å². The lowest BCUT2D eigenvalue weighted by Crippen LogP contribution is -2.50. The quantitative estimate of drug-likeness (QED) is 0.900. The number of nitrogens with zero attached hydrogens (tertiary/aromatic N) is 2. The molecule has 6 nitrogen and oxygen atoms in total. The molecule has 2 fully saturated rings. The van der Waals surface area contributed by atoms with Crippen LogP contribution in [0.3, 0.4) is 0 Å². The highest BCUT2D eigenvalue weighted by atomic mass is 19.1. The highest BCUT2D eigenvalue weighted by molar-refractivity contribution is 5.99. The highest BCUT2D eigenvalue weighted by Crippen LogP contribution is 2.41. The van der Waals surface area contributed by atoms with Gasteiger partial charge in [-0.1, -0.05) is 12.1 Å². The minimum atomic E-state index is -0.491. The second-order valence-electron chi connectivity index (χ2n) is 6.25. The van der Waals surface area contributed by atoms with Crippen LogP contribution in [-0.2, 0) is 14.4 Å². The third-order valence-electron chi connectivity index (χ3n) is 4.61. The zero-order chi connectivity index (χ0) is 17.3. The molecule has 1 saturated carbocycles. The van der Waals surface area contributed by atoms with Crippen molar-refractivity contribution in [3.8, 4) is 0 Å². The van der Waals surface area contributed by atoms with E-state index in [1.54, 1.807) is 21.9 Å². The topological polar surface area (TPSA) is 69.7 Å². The summed E-state index contributed by atoms with van der Waals surface area (Å²) >= 11 is 0. The van der Waals surface area contributed by atoms with Crippen LogP contribution < -0.4 is 5.32 Å². The van der Waals surface area contributed by atoms with Crippen molar-refractivity contribution in [2.45, 2.75) is 13.3 Å². The van der Waals surface area contributed by atoms with E-state index in [2.05, 4.69) is 5.32 Å². The molecule has 0 radical (unpaired) electrons. The minimum Gasteiger partial charge on any atom is -0.339 e. The van der Waals surface area contributed by atoms with Gasteiger partial charge in [-0.3, -0.25) is 14.4 Å². The molecule has 2 atom stereocenters. The molecule has 1 aromatic rings. The summed E-state index contributed by atoms with van der Waals surface area (Å²) in [7, 11) is 0. The SMILES string of the molecule is CC(=O)N1CCN(C(=O)C2CC2C(=O)Nc2ccccc2F)CC1. The summed E-state index contributed by atoms with van der Waals surface area (Å²) in [5.74, 6) is -1.58. The molecule has 0 aromatic heterocycles. The number of carbonyl (C=O) groups is 3. The van der Waals surface area contributed by atoms with Crippen LogP contribution in [-0.4, -0.2) is 53.7 Å². The van der Waals surface area contributed by atoms with E-state index in [-0.39, 0.29) is 29.3 Å². The van der Waals surface area contributed by atoms with Crippen molar-refractivity contribution >= 4 is 23.4 Å². The van der Waals surface area contributed by atoms with Crippen molar-refractivity contribution in [2.24, 2.45) is 11.8 Å². The Morgan fingerprint density at radius 3 is 2.29 bits per heavy atom. The first kappa shape index (κ1) is 16.4. The lowest BCUT2D eigenvalue weighted by molar-refractivity contribution is -0.139. The molecular weight excluding hydrogens is 313 g/mol. The number of rotatable bonds is 3. The van der Waals surface area contributed by atoms with E-state index < -0.39 is 11.7 Å². The molecule has 1 saturated heterocycles. The lowest BCUT2D eigenvalue weighted by atomic mass is 10.2. The molecule has 0 spiro atoms. The molecule has 3 rings (SSSR count). The number of benzene rings is 1. The van der Waals surface area contributed by atoms with Gasteiger partial charge in [0.15, 0.2) is 0 Å². The van der Waals surface area contributed by atoms with Gasteiger partial charge in [-0.15, -0.1) is 0 Å². The molecular formula is C17H20FN3O3. The standard InChI is InChI=1S/C17H20FN3O3/c1-11(22)20-6-8-21(9-7-20)17(24)13-10-12(13)16(23)19-15-5-3-2-4-14(15)18/h2-5,12-13H,6-10H2,1H3,(H,19,23). The van der Waals surface area contributed by atoms with Gasteiger partial charge in [0.05, 0.1) is 17.5 Å². The van der Waals surface area contributed by atoms with Gasteiger partial charge in [0, 0.05) is 33.1 Å². The Morgan fingerprint density at radius 1 is 1.04 bits per heavy atom. The van der Waals surface area contributed by atoms with E-state index in [9.17, 15) is 18.8 Å². The zero-order valence-corrected chi connectivity index (χ0v) is 13.5. The van der Waals surface area contributed by atoms with Crippen molar-refractivity contribution in [1.29, 1.82) is 0 Å². The number of amides is 3. The molecule has 2 unspecified atom stereocenters. The van der Waals surface area contributed by atoms with Crippen molar-refractivity contribution < 1.29 is 18.8 Å². The summed E-state index contributed by atoms with van der Waals surface area (Å²) in [4.78, 5) is 39.3. The van der Waals surface area contributed by atoms with Crippen LogP contribution in [0, 0.1) is 17.7 Å². The third-order valence-corrected chi connectivity index (χ3v) is 4.61. The predicted octanol–water partition coefficient (Wildman–Crippen LogP) is 1.09. The van der Waals surface area contributed by atoms with Crippen molar-refractivity contribution in [3.05, 3.63) is 30.1 Å². The fourth-order valence-corrected chi connectivity index (χ4v) is 3.02. The largest absolute Gasteiger partial charge is 0.339 e. The summed E-state index contributed by atoms with van der Waals surface area (Å²) in [6.45, 7) is 3.56. The van der Waals surface area contributed by atoms with E-state index in [4.69, 9.17) is 0 Å². The molecule has 1 heterocycles. The molecule has 1 aliphatic carbocycles. The number of piperazine rings is 1. The van der Waals surface area contributed by atoms with Gasteiger partial charge in [0.2, 0.25) is 17.7 Å². The highest BCUT2D eigenvalue weighted by Gasteiger charge is 2.49. The van der Waals surface area contributed by atoms with Crippen LogP contribution in [0.1, 0.15) is 13.3 Å². The van der Waals surface area contributed by atoms with Gasteiger partial charge in [-0.2, -0.15) is 0 Å². The fourth-order valence-electron chi connectivity index (χ4n) is 3.02. The van der Waals surface area contributed by atoms with E-state index in [1.807, 2.05) is 0 Å². The lowest BCUT2D eigenvalue weighted by Gasteiger charge is -2.34. The van der Waals surface area contributed by atoms with Gasteiger partial charge >= 0.3 is 0 Å². The second kappa shape index (κ2) is 6.59. The summed E-state index contributed by atoms with van der Waals surface area (Å²) in [6.07, 6.45) is 0.492. The zero-order valence-electron chi connectivity index (χ0n) is 13.5. The van der Waals surface area contributed by atoms with Crippen LogP contribution in [0.15, 0.2) is 24.3 Å². The Kier molecular flexibility index (Phi) is 4.51. The van der Waals surface area contributed by atoms with Gasteiger partial charge in [-0.25, -0.2) is 4.39 Å². The predicted molar refractivity (Wildman–Crippen MR) is 85.5 cm³/mol. The van der Waals surface area contributed by atoms with E-state index in [0.29, 0.717) is 32.6 Å². The average molecular weight is 333 g/mol. The van der Waals surface area contributed by atoms with Crippen LogP contribution in [0.25, 0.3) is 0 Å². The van der Waals surface area contributed by atoms with Crippen LogP contribution in [0.5, 0.6) is 0 Å². The molecule has 7 heteroatoms. The Labute approximate surface area is 139 Å². The number of anilines is 1. The normalized spacial score (nSPS) is 22.9. The maximum absolute atomic E-state index is 13.6. The molecule has 1 aromatic carbocycles. The van der Waals surface area contributed by atoms with Gasteiger partial charge in [-0.05, 0) is 18.6 Å².